The summed E-state index contributed by atoms with van der Waals surface area (Å²) in [4.78, 5) is 14.9. The molecule has 0 unspecified atom stereocenters. The minimum Gasteiger partial charge on any atom is -0.473 e. The van der Waals surface area contributed by atoms with Gasteiger partial charge in [0.15, 0.2) is 0 Å². The Hall–Kier alpha value is -1.88. The van der Waals surface area contributed by atoms with Crippen LogP contribution in [0.25, 0.3) is 0 Å². The lowest BCUT2D eigenvalue weighted by atomic mass is 10.2. The molecule has 2 rings (SSSR count). The minimum atomic E-state index is -0.500. The number of hydrogen-bond acceptors (Lipinski definition) is 3. The molecule has 0 aliphatic carbocycles. The summed E-state index contributed by atoms with van der Waals surface area (Å²) >= 11 is 3.44. The third-order valence-corrected chi connectivity index (χ3v) is 3.13. The standard InChI is InChI=1S/C13H11BrN2O2/c14-11-4-2-1-3-10(11)8-18-12-6-5-9(7-16-12)13(15)17/h1-7H,8H2,(H2,15,17). The minimum absolute atomic E-state index is 0.364. The molecule has 1 heterocycles. The molecule has 2 aromatic rings. The Morgan fingerprint density at radius 3 is 2.67 bits per heavy atom. The highest BCUT2D eigenvalue weighted by Crippen LogP contribution is 2.18. The number of pyridine rings is 1. The van der Waals surface area contributed by atoms with Crippen LogP contribution in [-0.2, 0) is 6.61 Å². The average molecular weight is 307 g/mol. The first-order valence-electron chi connectivity index (χ1n) is 5.29. The van der Waals surface area contributed by atoms with Gasteiger partial charge in [0.2, 0.25) is 11.8 Å². The van der Waals surface area contributed by atoms with Gasteiger partial charge in [0.1, 0.15) is 6.61 Å². The maximum absolute atomic E-state index is 10.9. The number of carbonyl (C=O) groups is 1. The van der Waals surface area contributed by atoms with Crippen LogP contribution in [0.15, 0.2) is 47.1 Å². The van der Waals surface area contributed by atoms with E-state index >= 15 is 0 Å². The van der Waals surface area contributed by atoms with Gasteiger partial charge in [-0.2, -0.15) is 0 Å². The van der Waals surface area contributed by atoms with Gasteiger partial charge in [-0.15, -0.1) is 0 Å². The number of ether oxygens (including phenoxy) is 1. The molecule has 5 heteroatoms. The van der Waals surface area contributed by atoms with E-state index in [4.69, 9.17) is 10.5 Å². The first kappa shape index (κ1) is 12.6. The molecule has 0 atom stereocenters. The quantitative estimate of drug-likeness (QED) is 0.944. The molecule has 0 bridgehead atoms. The Balaban J connectivity index is 2.02. The number of nitrogens with zero attached hydrogens (tertiary/aromatic N) is 1. The largest absolute Gasteiger partial charge is 0.473 e. The van der Waals surface area contributed by atoms with Crippen molar-refractivity contribution in [1.82, 2.24) is 4.98 Å². The maximum Gasteiger partial charge on any atom is 0.250 e. The van der Waals surface area contributed by atoms with E-state index < -0.39 is 5.91 Å². The number of benzene rings is 1. The molecule has 0 fully saturated rings. The first-order chi connectivity index (χ1) is 8.66. The van der Waals surface area contributed by atoms with Crippen LogP contribution in [0.5, 0.6) is 5.88 Å². The van der Waals surface area contributed by atoms with Gasteiger partial charge < -0.3 is 10.5 Å². The van der Waals surface area contributed by atoms with E-state index in [1.807, 2.05) is 24.3 Å². The zero-order chi connectivity index (χ0) is 13.0. The second-order valence-electron chi connectivity index (χ2n) is 3.63. The van der Waals surface area contributed by atoms with E-state index in [9.17, 15) is 4.79 Å². The summed E-state index contributed by atoms with van der Waals surface area (Å²) < 4.78 is 6.50. The van der Waals surface area contributed by atoms with Crippen LogP contribution in [0.3, 0.4) is 0 Å². The zero-order valence-electron chi connectivity index (χ0n) is 9.47. The van der Waals surface area contributed by atoms with Crippen molar-refractivity contribution < 1.29 is 9.53 Å². The fraction of sp³-hybridized carbons (Fsp3) is 0.0769. The summed E-state index contributed by atoms with van der Waals surface area (Å²) in [5, 5.41) is 0. The van der Waals surface area contributed by atoms with Crippen molar-refractivity contribution in [3.05, 3.63) is 58.2 Å². The summed E-state index contributed by atoms with van der Waals surface area (Å²) in [6.07, 6.45) is 1.40. The molecule has 1 aromatic carbocycles. The van der Waals surface area contributed by atoms with Crippen molar-refractivity contribution in [2.75, 3.05) is 0 Å². The van der Waals surface area contributed by atoms with Gasteiger partial charge >= 0.3 is 0 Å². The summed E-state index contributed by atoms with van der Waals surface area (Å²) in [7, 11) is 0. The molecule has 0 saturated heterocycles. The molecular weight excluding hydrogens is 296 g/mol. The molecule has 0 aliphatic rings. The van der Waals surface area contributed by atoms with E-state index in [1.54, 1.807) is 12.1 Å². The second kappa shape index (κ2) is 5.64. The summed E-state index contributed by atoms with van der Waals surface area (Å²) in [5.41, 5.74) is 6.51. The van der Waals surface area contributed by atoms with Crippen LogP contribution in [0.1, 0.15) is 15.9 Å². The SMILES string of the molecule is NC(=O)c1ccc(OCc2ccccc2Br)nc1. The van der Waals surface area contributed by atoms with Crippen molar-refractivity contribution >= 4 is 21.8 Å². The third-order valence-electron chi connectivity index (χ3n) is 2.35. The van der Waals surface area contributed by atoms with Crippen LogP contribution in [0.2, 0.25) is 0 Å². The smallest absolute Gasteiger partial charge is 0.250 e. The number of rotatable bonds is 4. The Morgan fingerprint density at radius 2 is 2.06 bits per heavy atom. The van der Waals surface area contributed by atoms with Gasteiger partial charge in [-0.05, 0) is 12.1 Å². The molecule has 2 N–H and O–H groups in total. The van der Waals surface area contributed by atoms with E-state index in [0.29, 0.717) is 18.1 Å². The maximum atomic E-state index is 10.9. The number of amides is 1. The van der Waals surface area contributed by atoms with Crippen LogP contribution in [-0.4, -0.2) is 10.9 Å². The summed E-state index contributed by atoms with van der Waals surface area (Å²) in [6, 6.07) is 11.0. The van der Waals surface area contributed by atoms with Crippen LogP contribution >= 0.6 is 15.9 Å². The van der Waals surface area contributed by atoms with Gasteiger partial charge in [-0.3, -0.25) is 4.79 Å². The fourth-order valence-electron chi connectivity index (χ4n) is 1.38. The Labute approximate surface area is 113 Å². The fourth-order valence-corrected chi connectivity index (χ4v) is 1.78. The number of carbonyl (C=O) groups excluding carboxylic acids is 1. The average Bonchev–Trinajstić information content (AvgIpc) is 2.38. The lowest BCUT2D eigenvalue weighted by molar-refractivity contribution is 0.1000. The Bertz CT molecular complexity index is 555. The summed E-state index contributed by atoms with van der Waals surface area (Å²) in [5.74, 6) is -0.0457. The van der Waals surface area contributed by atoms with Gasteiger partial charge in [0.25, 0.3) is 0 Å². The van der Waals surface area contributed by atoms with Crippen molar-refractivity contribution in [3.8, 4) is 5.88 Å². The predicted molar refractivity (Wildman–Crippen MR) is 71.2 cm³/mol. The number of primary amides is 1. The highest BCUT2D eigenvalue weighted by Gasteiger charge is 2.03. The molecule has 0 aliphatic heterocycles. The zero-order valence-corrected chi connectivity index (χ0v) is 11.1. The topological polar surface area (TPSA) is 65.2 Å². The van der Waals surface area contributed by atoms with E-state index in [0.717, 1.165) is 10.0 Å². The number of hydrogen-bond donors (Lipinski definition) is 1. The molecule has 0 saturated carbocycles. The van der Waals surface area contributed by atoms with Crippen LogP contribution < -0.4 is 10.5 Å². The molecule has 0 radical (unpaired) electrons. The Kier molecular flexibility index (Phi) is 3.94. The second-order valence-corrected chi connectivity index (χ2v) is 4.48. The monoisotopic (exact) mass is 306 g/mol. The number of aromatic nitrogens is 1. The highest BCUT2D eigenvalue weighted by atomic mass is 79.9. The first-order valence-corrected chi connectivity index (χ1v) is 6.08. The van der Waals surface area contributed by atoms with Crippen molar-refractivity contribution in [3.63, 3.8) is 0 Å². The van der Waals surface area contributed by atoms with E-state index in [1.165, 1.54) is 6.20 Å². The molecule has 1 amide bonds. The summed E-state index contributed by atoms with van der Waals surface area (Å²) in [6.45, 7) is 0.407. The lowest BCUT2D eigenvalue weighted by Gasteiger charge is -2.07. The van der Waals surface area contributed by atoms with Gasteiger partial charge in [0, 0.05) is 22.3 Å². The van der Waals surface area contributed by atoms with Crippen molar-refractivity contribution in [1.29, 1.82) is 0 Å². The normalized spacial score (nSPS) is 10.1. The molecular formula is C13H11BrN2O2. The number of halogens is 1. The van der Waals surface area contributed by atoms with Crippen molar-refractivity contribution in [2.24, 2.45) is 5.73 Å². The van der Waals surface area contributed by atoms with Crippen LogP contribution in [0.4, 0.5) is 0 Å². The predicted octanol–water partition coefficient (Wildman–Crippen LogP) is 2.52. The van der Waals surface area contributed by atoms with Gasteiger partial charge in [-0.1, -0.05) is 34.1 Å². The van der Waals surface area contributed by atoms with E-state index in [-0.39, 0.29) is 0 Å². The molecule has 4 nitrogen and oxygen atoms in total. The molecule has 1 aromatic heterocycles. The van der Waals surface area contributed by atoms with Gasteiger partial charge in [0.05, 0.1) is 5.56 Å². The highest BCUT2D eigenvalue weighted by molar-refractivity contribution is 9.10. The number of nitrogens with two attached hydrogens (primary N) is 1. The molecule has 0 spiro atoms. The van der Waals surface area contributed by atoms with Crippen molar-refractivity contribution in [2.45, 2.75) is 6.61 Å². The van der Waals surface area contributed by atoms with Crippen LogP contribution in [0, 0.1) is 0 Å². The van der Waals surface area contributed by atoms with E-state index in [2.05, 4.69) is 20.9 Å². The Morgan fingerprint density at radius 1 is 1.28 bits per heavy atom. The van der Waals surface area contributed by atoms with Gasteiger partial charge in [-0.25, -0.2) is 4.98 Å². The molecule has 18 heavy (non-hydrogen) atoms. The lowest BCUT2D eigenvalue weighted by Crippen LogP contribution is -2.11. The third kappa shape index (κ3) is 3.07. The molecule has 92 valence electrons.